The van der Waals surface area contributed by atoms with Gasteiger partial charge < -0.3 is 9.73 Å². The number of anilines is 2. The van der Waals surface area contributed by atoms with Crippen molar-refractivity contribution in [2.45, 2.75) is 0 Å². The summed E-state index contributed by atoms with van der Waals surface area (Å²) in [6, 6.07) is 46.8. The van der Waals surface area contributed by atoms with E-state index in [1.807, 2.05) is 12.1 Å². The molecular formula is C34H23NO. The van der Waals surface area contributed by atoms with Crippen LogP contribution in [-0.4, -0.2) is 0 Å². The Hall–Kier alpha value is -4.82. The van der Waals surface area contributed by atoms with Crippen LogP contribution in [0.2, 0.25) is 0 Å². The molecule has 0 spiro atoms. The van der Waals surface area contributed by atoms with E-state index in [9.17, 15) is 0 Å². The number of furan rings is 1. The Morgan fingerprint density at radius 3 is 2.06 bits per heavy atom. The first-order valence-electron chi connectivity index (χ1n) is 12.2. The van der Waals surface area contributed by atoms with Crippen molar-refractivity contribution in [3.05, 3.63) is 133 Å². The minimum Gasteiger partial charge on any atom is -0.456 e. The average molecular weight is 462 g/mol. The molecular weight excluding hydrogens is 438 g/mol. The van der Waals surface area contributed by atoms with Crippen molar-refractivity contribution in [3.63, 3.8) is 0 Å². The first kappa shape index (κ1) is 20.5. The summed E-state index contributed by atoms with van der Waals surface area (Å²) in [4.78, 5) is 0. The molecule has 36 heavy (non-hydrogen) atoms. The zero-order chi connectivity index (χ0) is 23.9. The van der Waals surface area contributed by atoms with Crippen LogP contribution >= 0.6 is 0 Å². The minimum atomic E-state index is 0.918. The normalized spacial score (nSPS) is 11.3. The zero-order valence-electron chi connectivity index (χ0n) is 19.6. The lowest BCUT2D eigenvalue weighted by atomic mass is 9.98. The quantitative estimate of drug-likeness (QED) is 0.282. The second-order valence-corrected chi connectivity index (χ2v) is 9.12. The Bertz CT molecular complexity index is 1860. The summed E-state index contributed by atoms with van der Waals surface area (Å²) in [5.41, 5.74) is 8.71. The molecule has 7 aromatic rings. The van der Waals surface area contributed by atoms with Crippen LogP contribution in [0.5, 0.6) is 0 Å². The number of para-hydroxylation sites is 1. The molecule has 1 aromatic heterocycles. The molecule has 0 amide bonds. The van der Waals surface area contributed by atoms with E-state index < -0.39 is 0 Å². The smallest absolute Gasteiger partial charge is 0.136 e. The molecule has 7 rings (SSSR count). The Morgan fingerprint density at radius 1 is 0.417 bits per heavy atom. The number of rotatable bonds is 4. The van der Waals surface area contributed by atoms with Crippen molar-refractivity contribution in [1.82, 2.24) is 0 Å². The third kappa shape index (κ3) is 3.60. The van der Waals surface area contributed by atoms with Gasteiger partial charge in [0, 0.05) is 22.1 Å². The summed E-state index contributed by atoms with van der Waals surface area (Å²) in [6.45, 7) is 0. The summed E-state index contributed by atoms with van der Waals surface area (Å²) in [5, 5.41) is 8.40. The molecule has 2 heteroatoms. The van der Waals surface area contributed by atoms with E-state index in [-0.39, 0.29) is 0 Å². The highest BCUT2D eigenvalue weighted by molar-refractivity contribution is 6.05. The molecule has 1 N–H and O–H groups in total. The molecule has 6 aromatic carbocycles. The number of fused-ring (bicyclic) bond motifs is 4. The Balaban J connectivity index is 1.16. The highest BCUT2D eigenvalue weighted by Crippen LogP contribution is 2.34. The number of nitrogens with one attached hydrogen (secondary N) is 1. The van der Waals surface area contributed by atoms with E-state index in [2.05, 4.69) is 127 Å². The second kappa shape index (κ2) is 8.44. The zero-order valence-corrected chi connectivity index (χ0v) is 19.6. The fourth-order valence-electron chi connectivity index (χ4n) is 5.06. The van der Waals surface area contributed by atoms with Crippen molar-refractivity contribution in [1.29, 1.82) is 0 Å². The van der Waals surface area contributed by atoms with Crippen LogP contribution < -0.4 is 5.32 Å². The Labute approximate surface area is 209 Å². The maximum Gasteiger partial charge on any atom is 0.136 e. The van der Waals surface area contributed by atoms with Crippen molar-refractivity contribution >= 4 is 44.1 Å². The first-order chi connectivity index (χ1) is 17.8. The molecule has 1 heterocycles. The van der Waals surface area contributed by atoms with E-state index in [0.29, 0.717) is 0 Å². The van der Waals surface area contributed by atoms with Crippen LogP contribution in [0, 0.1) is 0 Å². The molecule has 0 unspecified atom stereocenters. The van der Waals surface area contributed by atoms with E-state index in [1.165, 1.54) is 21.9 Å². The van der Waals surface area contributed by atoms with Gasteiger partial charge in [0.1, 0.15) is 11.2 Å². The van der Waals surface area contributed by atoms with Gasteiger partial charge in [0.25, 0.3) is 0 Å². The molecule has 0 saturated carbocycles. The maximum atomic E-state index is 6.08. The summed E-state index contributed by atoms with van der Waals surface area (Å²) >= 11 is 0. The fourth-order valence-corrected chi connectivity index (χ4v) is 5.06. The highest BCUT2D eigenvalue weighted by atomic mass is 16.3. The molecule has 2 nitrogen and oxygen atoms in total. The maximum absolute atomic E-state index is 6.08. The molecule has 0 aliphatic heterocycles. The number of hydrogen-bond donors (Lipinski definition) is 1. The van der Waals surface area contributed by atoms with Gasteiger partial charge in [-0.15, -0.1) is 0 Å². The fraction of sp³-hybridized carbons (Fsp3) is 0. The highest BCUT2D eigenvalue weighted by Gasteiger charge is 2.08. The van der Waals surface area contributed by atoms with Gasteiger partial charge in [0.15, 0.2) is 0 Å². The molecule has 170 valence electrons. The second-order valence-electron chi connectivity index (χ2n) is 9.12. The van der Waals surface area contributed by atoms with Crippen molar-refractivity contribution in [2.75, 3.05) is 5.32 Å². The molecule has 0 saturated heterocycles. The van der Waals surface area contributed by atoms with Gasteiger partial charge in [-0.05, 0) is 75.5 Å². The monoisotopic (exact) mass is 461 g/mol. The van der Waals surface area contributed by atoms with Gasteiger partial charge in [-0.3, -0.25) is 0 Å². The van der Waals surface area contributed by atoms with Crippen LogP contribution in [0.3, 0.4) is 0 Å². The molecule has 0 aliphatic rings. The lowest BCUT2D eigenvalue weighted by molar-refractivity contribution is 0.669. The van der Waals surface area contributed by atoms with Crippen LogP contribution in [0.15, 0.2) is 138 Å². The Morgan fingerprint density at radius 2 is 1.14 bits per heavy atom. The number of hydrogen-bond acceptors (Lipinski definition) is 2. The SMILES string of the molecule is c1cc(Nc2ccc(-c3ccc4c(c3)oc3ccccc34)cc2)cc(-c2cccc3ccccc23)c1. The van der Waals surface area contributed by atoms with E-state index in [1.54, 1.807) is 0 Å². The van der Waals surface area contributed by atoms with Gasteiger partial charge in [-0.25, -0.2) is 0 Å². The van der Waals surface area contributed by atoms with E-state index in [0.717, 1.165) is 44.4 Å². The lowest BCUT2D eigenvalue weighted by Crippen LogP contribution is -1.91. The summed E-state index contributed by atoms with van der Waals surface area (Å²) in [7, 11) is 0. The van der Waals surface area contributed by atoms with Crippen molar-refractivity contribution < 1.29 is 4.42 Å². The lowest BCUT2D eigenvalue weighted by Gasteiger charge is -2.11. The van der Waals surface area contributed by atoms with Gasteiger partial charge >= 0.3 is 0 Å². The molecule has 0 atom stereocenters. The average Bonchev–Trinajstić information content (AvgIpc) is 3.31. The molecule has 0 fully saturated rings. The summed E-state index contributed by atoms with van der Waals surface area (Å²) in [6.07, 6.45) is 0. The molecule has 0 bridgehead atoms. The van der Waals surface area contributed by atoms with Crippen molar-refractivity contribution in [3.8, 4) is 22.3 Å². The van der Waals surface area contributed by atoms with Crippen LogP contribution in [-0.2, 0) is 0 Å². The largest absolute Gasteiger partial charge is 0.456 e. The van der Waals surface area contributed by atoms with E-state index in [4.69, 9.17) is 4.42 Å². The minimum absolute atomic E-state index is 0.918. The summed E-state index contributed by atoms with van der Waals surface area (Å²) < 4.78 is 6.08. The van der Waals surface area contributed by atoms with Crippen molar-refractivity contribution in [2.24, 2.45) is 0 Å². The van der Waals surface area contributed by atoms with Crippen LogP contribution in [0.25, 0.3) is 55.0 Å². The van der Waals surface area contributed by atoms with Gasteiger partial charge in [-0.2, -0.15) is 0 Å². The first-order valence-corrected chi connectivity index (χ1v) is 12.2. The predicted molar refractivity (Wildman–Crippen MR) is 152 cm³/mol. The standard InChI is InChI=1S/C34H23NO/c1-2-11-29-24(7-1)8-6-13-30(29)26-9-5-10-28(21-26)35-27-18-15-23(16-19-27)25-17-20-32-31-12-3-4-14-33(31)36-34(32)22-25/h1-22,35H. The van der Waals surface area contributed by atoms with Crippen LogP contribution in [0.4, 0.5) is 11.4 Å². The third-order valence-corrected chi connectivity index (χ3v) is 6.85. The molecule has 0 radical (unpaired) electrons. The summed E-state index contributed by atoms with van der Waals surface area (Å²) in [5.74, 6) is 0. The van der Waals surface area contributed by atoms with Gasteiger partial charge in [0.05, 0.1) is 0 Å². The van der Waals surface area contributed by atoms with E-state index >= 15 is 0 Å². The number of benzene rings is 6. The van der Waals surface area contributed by atoms with Gasteiger partial charge in [0.2, 0.25) is 0 Å². The molecule has 0 aliphatic carbocycles. The van der Waals surface area contributed by atoms with Crippen LogP contribution in [0.1, 0.15) is 0 Å². The Kier molecular flexibility index (Phi) is 4.82. The predicted octanol–water partition coefficient (Wildman–Crippen LogP) is 9.82. The third-order valence-electron chi connectivity index (χ3n) is 6.85. The van der Waals surface area contributed by atoms with Gasteiger partial charge in [-0.1, -0.05) is 91.0 Å². The topological polar surface area (TPSA) is 25.2 Å².